The Bertz CT molecular complexity index is 4350. The van der Waals surface area contributed by atoms with Crippen LogP contribution in [0.3, 0.4) is 0 Å². The van der Waals surface area contributed by atoms with E-state index in [1.54, 1.807) is 0 Å². The zero-order valence-corrected chi connectivity index (χ0v) is 39.9. The molecular formula is C70H46N2O. The van der Waals surface area contributed by atoms with Gasteiger partial charge >= 0.3 is 0 Å². The summed E-state index contributed by atoms with van der Waals surface area (Å²) in [6, 6.07) is 101. The molecule has 0 N–H and O–H groups in total. The number of hydrogen-bond donors (Lipinski definition) is 0. The van der Waals surface area contributed by atoms with Crippen molar-refractivity contribution in [1.82, 2.24) is 4.57 Å². The van der Waals surface area contributed by atoms with Gasteiger partial charge in [-0.2, -0.15) is 0 Å². The van der Waals surface area contributed by atoms with Crippen molar-refractivity contribution < 1.29 is 4.42 Å². The Hall–Kier alpha value is -9.70. The molecule has 0 aliphatic heterocycles. The lowest BCUT2D eigenvalue weighted by Gasteiger charge is -2.27. The number of fused-ring (bicyclic) bond motifs is 9. The van der Waals surface area contributed by atoms with Crippen LogP contribution in [0.15, 0.2) is 283 Å². The SMILES string of the molecule is c1ccc(-c2ccc(N(c3cccc(-c4ccc5c(c4)c4ccccc4c4c(-c6ccccc6)c(-c6ccccc6)oc54)c3)c3cccc(-c4ccc5c(c4)c4ccccc4n5-c4ccccc4)c3)cc2)cc1. The van der Waals surface area contributed by atoms with E-state index in [2.05, 4.69) is 289 Å². The largest absolute Gasteiger partial charge is 0.455 e. The highest BCUT2D eigenvalue weighted by molar-refractivity contribution is 6.29. The Labute approximate surface area is 423 Å². The van der Waals surface area contributed by atoms with Crippen molar-refractivity contribution in [2.75, 3.05) is 4.90 Å². The maximum atomic E-state index is 7.08. The van der Waals surface area contributed by atoms with Gasteiger partial charge in [0, 0.05) is 55.4 Å². The van der Waals surface area contributed by atoms with E-state index < -0.39 is 0 Å². The summed E-state index contributed by atoms with van der Waals surface area (Å²) in [6.45, 7) is 0. The van der Waals surface area contributed by atoms with Crippen LogP contribution in [0.4, 0.5) is 17.1 Å². The van der Waals surface area contributed by atoms with Crippen LogP contribution in [-0.4, -0.2) is 4.57 Å². The second-order valence-corrected chi connectivity index (χ2v) is 18.8. The topological polar surface area (TPSA) is 21.3 Å². The molecule has 73 heavy (non-hydrogen) atoms. The lowest BCUT2D eigenvalue weighted by Crippen LogP contribution is -2.10. The molecule has 14 aromatic rings. The van der Waals surface area contributed by atoms with Crippen molar-refractivity contribution in [3.8, 4) is 61.5 Å². The molecule has 2 aromatic heterocycles. The van der Waals surface area contributed by atoms with Crippen LogP contribution in [0.2, 0.25) is 0 Å². The molecule has 3 heteroatoms. The predicted octanol–water partition coefficient (Wildman–Crippen LogP) is 19.6. The summed E-state index contributed by atoms with van der Waals surface area (Å²) in [7, 11) is 0. The first-order valence-corrected chi connectivity index (χ1v) is 25.0. The first-order chi connectivity index (χ1) is 36.2. The van der Waals surface area contributed by atoms with Gasteiger partial charge in [0.2, 0.25) is 0 Å². The Kier molecular flexibility index (Phi) is 10.2. The molecule has 0 aliphatic carbocycles. The van der Waals surface area contributed by atoms with Gasteiger partial charge in [-0.1, -0.05) is 200 Å². The molecule has 12 aromatic carbocycles. The van der Waals surface area contributed by atoms with Crippen LogP contribution in [0.1, 0.15) is 0 Å². The van der Waals surface area contributed by atoms with E-state index >= 15 is 0 Å². The Morgan fingerprint density at radius 1 is 0.274 bits per heavy atom. The van der Waals surface area contributed by atoms with E-state index in [0.29, 0.717) is 0 Å². The number of hydrogen-bond acceptors (Lipinski definition) is 2. The fraction of sp³-hybridized carbons (Fsp3) is 0. The minimum Gasteiger partial charge on any atom is -0.455 e. The van der Waals surface area contributed by atoms with Crippen molar-refractivity contribution in [2.45, 2.75) is 0 Å². The van der Waals surface area contributed by atoms with Crippen LogP contribution in [0.5, 0.6) is 0 Å². The van der Waals surface area contributed by atoms with Gasteiger partial charge in [0.15, 0.2) is 0 Å². The van der Waals surface area contributed by atoms with Crippen LogP contribution in [-0.2, 0) is 0 Å². The minimum absolute atomic E-state index is 0.883. The number of aromatic nitrogens is 1. The number of nitrogens with zero attached hydrogens (tertiary/aromatic N) is 2. The third kappa shape index (κ3) is 7.29. The van der Waals surface area contributed by atoms with Gasteiger partial charge in [-0.05, 0) is 134 Å². The van der Waals surface area contributed by atoms with E-state index in [4.69, 9.17) is 4.42 Å². The van der Waals surface area contributed by atoms with Crippen molar-refractivity contribution in [2.24, 2.45) is 0 Å². The van der Waals surface area contributed by atoms with E-state index in [9.17, 15) is 0 Å². The average molecular weight is 931 g/mol. The molecule has 0 saturated carbocycles. The van der Waals surface area contributed by atoms with E-state index in [1.165, 1.54) is 49.3 Å². The molecule has 0 amide bonds. The second-order valence-electron chi connectivity index (χ2n) is 18.8. The molecular weight excluding hydrogens is 885 g/mol. The zero-order valence-electron chi connectivity index (χ0n) is 39.9. The van der Waals surface area contributed by atoms with E-state index in [-0.39, 0.29) is 0 Å². The van der Waals surface area contributed by atoms with Crippen LogP contribution in [0.25, 0.3) is 116 Å². The number of para-hydroxylation sites is 2. The van der Waals surface area contributed by atoms with Gasteiger partial charge < -0.3 is 13.9 Å². The van der Waals surface area contributed by atoms with Crippen LogP contribution >= 0.6 is 0 Å². The number of furan rings is 1. The third-order valence-corrected chi connectivity index (χ3v) is 14.6. The molecule has 0 aliphatic rings. The Balaban J connectivity index is 0.910. The lowest BCUT2D eigenvalue weighted by molar-refractivity contribution is 0.636. The summed E-state index contributed by atoms with van der Waals surface area (Å²) in [5.41, 5.74) is 17.9. The number of benzene rings is 12. The lowest BCUT2D eigenvalue weighted by atomic mass is 9.91. The van der Waals surface area contributed by atoms with E-state index in [1.807, 2.05) is 0 Å². The molecule has 3 nitrogen and oxygen atoms in total. The van der Waals surface area contributed by atoms with Gasteiger partial charge in [-0.15, -0.1) is 0 Å². The van der Waals surface area contributed by atoms with Gasteiger partial charge in [0.25, 0.3) is 0 Å². The smallest absolute Gasteiger partial charge is 0.143 e. The average Bonchev–Trinajstić information content (AvgIpc) is 4.04. The highest BCUT2D eigenvalue weighted by Gasteiger charge is 2.23. The molecule has 0 saturated heterocycles. The molecule has 14 rings (SSSR count). The molecule has 0 fully saturated rings. The normalized spacial score (nSPS) is 11.6. The van der Waals surface area contributed by atoms with Crippen LogP contribution in [0, 0.1) is 0 Å². The predicted molar refractivity (Wildman–Crippen MR) is 307 cm³/mol. The van der Waals surface area contributed by atoms with Crippen molar-refractivity contribution in [3.05, 3.63) is 279 Å². The van der Waals surface area contributed by atoms with Crippen molar-refractivity contribution in [3.63, 3.8) is 0 Å². The maximum Gasteiger partial charge on any atom is 0.143 e. The van der Waals surface area contributed by atoms with Gasteiger partial charge in [-0.25, -0.2) is 0 Å². The highest BCUT2D eigenvalue weighted by atomic mass is 16.3. The summed E-state index contributed by atoms with van der Waals surface area (Å²) in [6.07, 6.45) is 0. The number of rotatable bonds is 9. The summed E-state index contributed by atoms with van der Waals surface area (Å²) < 4.78 is 9.46. The Morgan fingerprint density at radius 3 is 1.42 bits per heavy atom. The van der Waals surface area contributed by atoms with Gasteiger partial charge in [-0.3, -0.25) is 0 Å². The highest BCUT2D eigenvalue weighted by Crippen LogP contribution is 2.48. The fourth-order valence-electron chi connectivity index (χ4n) is 11.2. The summed E-state index contributed by atoms with van der Waals surface area (Å²) >= 11 is 0. The fourth-order valence-corrected chi connectivity index (χ4v) is 11.2. The minimum atomic E-state index is 0.883. The third-order valence-electron chi connectivity index (χ3n) is 14.6. The zero-order chi connectivity index (χ0) is 48.2. The second kappa shape index (κ2) is 17.6. The molecule has 0 radical (unpaired) electrons. The van der Waals surface area contributed by atoms with Crippen molar-refractivity contribution in [1.29, 1.82) is 0 Å². The summed E-state index contributed by atoms with van der Waals surface area (Å²) in [5, 5.41) is 8.22. The van der Waals surface area contributed by atoms with E-state index in [0.717, 1.165) is 83.6 Å². The Morgan fingerprint density at radius 2 is 0.753 bits per heavy atom. The van der Waals surface area contributed by atoms with Gasteiger partial charge in [0.05, 0.1) is 11.0 Å². The standard InChI is InChI=1S/C70H46N2O/c1-5-19-47(20-6-1)48-35-39-56(40-36-48)71(58-30-18-26-52(44-58)54-38-42-66-64(46-54)60-32-15-16-34-65(60)72(66)55-27-11-4-12-28-55)57-29-17-25-51(43-57)53-37-41-62-63(45-53)59-31-13-14-33-61(59)68-67(49-21-7-2-8-22-49)69(73-70(62)68)50-23-9-3-10-24-50/h1-46H. The maximum absolute atomic E-state index is 7.08. The quantitative estimate of drug-likeness (QED) is 0.135. The van der Waals surface area contributed by atoms with Crippen molar-refractivity contribution >= 4 is 71.4 Å². The molecule has 0 bridgehead atoms. The molecule has 0 spiro atoms. The molecule has 2 heterocycles. The summed E-state index contributed by atoms with van der Waals surface area (Å²) in [5.74, 6) is 0.883. The monoisotopic (exact) mass is 930 g/mol. The first-order valence-electron chi connectivity index (χ1n) is 25.0. The molecule has 0 unspecified atom stereocenters. The van der Waals surface area contributed by atoms with Crippen LogP contribution < -0.4 is 4.90 Å². The number of anilines is 3. The van der Waals surface area contributed by atoms with Gasteiger partial charge in [0.1, 0.15) is 11.3 Å². The summed E-state index contributed by atoms with van der Waals surface area (Å²) in [4.78, 5) is 2.39. The molecule has 0 atom stereocenters. The molecule has 342 valence electrons. The first kappa shape index (κ1) is 42.2.